The summed E-state index contributed by atoms with van der Waals surface area (Å²) in [7, 11) is 0. The van der Waals surface area contributed by atoms with Crippen molar-refractivity contribution in [2.75, 3.05) is 10.2 Å². The van der Waals surface area contributed by atoms with E-state index in [9.17, 15) is 24.3 Å². The molecular formula is C24H20Cl2N2O5S. The number of carboxylic acid groups (broad SMARTS) is 1. The summed E-state index contributed by atoms with van der Waals surface area (Å²) in [6.45, 7) is 0. The average Bonchev–Trinajstić information content (AvgIpc) is 3.09. The number of nitrogens with one attached hydrogen (secondary N) is 1. The number of carboxylic acids is 1. The number of benzene rings is 2. The second-order valence-corrected chi connectivity index (χ2v) is 10.1. The first-order valence-corrected chi connectivity index (χ1v) is 12.2. The van der Waals surface area contributed by atoms with Gasteiger partial charge in [0.25, 0.3) is 0 Å². The van der Waals surface area contributed by atoms with Crippen molar-refractivity contribution >= 4 is 70.0 Å². The van der Waals surface area contributed by atoms with Gasteiger partial charge in [0.05, 0.1) is 32.8 Å². The van der Waals surface area contributed by atoms with Gasteiger partial charge in [-0.2, -0.15) is 0 Å². The van der Waals surface area contributed by atoms with Crippen molar-refractivity contribution in [1.29, 1.82) is 0 Å². The number of imide groups is 1. The molecule has 3 amide bonds. The molecule has 1 saturated heterocycles. The maximum atomic E-state index is 12.9. The molecule has 1 aliphatic heterocycles. The highest BCUT2D eigenvalue weighted by atomic mass is 35.5. The third-order valence-corrected chi connectivity index (χ3v) is 7.69. The number of anilines is 2. The molecule has 176 valence electrons. The number of amides is 3. The number of halogens is 2. The van der Waals surface area contributed by atoms with Crippen LogP contribution in [0.15, 0.2) is 59.5 Å². The SMILES string of the molecule is O=C(O)[C@@H]1CC=CC[C@H]1C(=O)Nc1ccc(S[C@H]2CC(=O)N(c3ccc(Cl)c(Cl)c3)C2=O)cc1. The van der Waals surface area contributed by atoms with Crippen molar-refractivity contribution < 1.29 is 24.3 Å². The molecule has 0 saturated carbocycles. The molecule has 1 fully saturated rings. The molecule has 0 spiro atoms. The Labute approximate surface area is 210 Å². The fraction of sp³-hybridized carbons (Fsp3) is 0.250. The van der Waals surface area contributed by atoms with E-state index in [0.29, 0.717) is 29.2 Å². The highest BCUT2D eigenvalue weighted by Gasteiger charge is 2.40. The second kappa shape index (κ2) is 10.2. The maximum Gasteiger partial charge on any atom is 0.307 e. The lowest BCUT2D eigenvalue weighted by Gasteiger charge is -2.24. The van der Waals surface area contributed by atoms with Crippen LogP contribution < -0.4 is 10.2 Å². The van der Waals surface area contributed by atoms with Gasteiger partial charge >= 0.3 is 5.97 Å². The number of aliphatic carboxylic acids is 1. The smallest absolute Gasteiger partial charge is 0.307 e. The van der Waals surface area contributed by atoms with Crippen molar-refractivity contribution in [1.82, 2.24) is 0 Å². The van der Waals surface area contributed by atoms with Crippen LogP contribution in [-0.2, 0) is 19.2 Å². The molecule has 3 atom stereocenters. The number of hydrogen-bond donors (Lipinski definition) is 2. The Kier molecular flexibility index (Phi) is 7.30. The Bertz CT molecular complexity index is 1180. The Balaban J connectivity index is 1.40. The average molecular weight is 519 g/mol. The van der Waals surface area contributed by atoms with Crippen molar-refractivity contribution in [3.8, 4) is 0 Å². The zero-order valence-electron chi connectivity index (χ0n) is 17.7. The molecule has 1 aliphatic carbocycles. The number of thioether (sulfide) groups is 1. The minimum Gasteiger partial charge on any atom is -0.481 e. The van der Waals surface area contributed by atoms with E-state index in [-0.39, 0.29) is 29.2 Å². The number of rotatable bonds is 6. The monoisotopic (exact) mass is 518 g/mol. The third-order valence-electron chi connectivity index (χ3n) is 5.75. The minimum absolute atomic E-state index is 0.0496. The molecule has 0 aromatic heterocycles. The molecule has 1 heterocycles. The van der Waals surface area contributed by atoms with Gasteiger partial charge < -0.3 is 10.4 Å². The van der Waals surface area contributed by atoms with Crippen LogP contribution in [0, 0.1) is 11.8 Å². The van der Waals surface area contributed by atoms with E-state index in [1.54, 1.807) is 36.4 Å². The van der Waals surface area contributed by atoms with Crippen LogP contribution in [0.1, 0.15) is 19.3 Å². The van der Waals surface area contributed by atoms with Gasteiger partial charge in [0, 0.05) is 17.0 Å². The van der Waals surface area contributed by atoms with Gasteiger partial charge in [0.1, 0.15) is 0 Å². The van der Waals surface area contributed by atoms with Gasteiger partial charge in [-0.1, -0.05) is 35.4 Å². The maximum absolute atomic E-state index is 12.9. The van der Waals surface area contributed by atoms with Crippen molar-refractivity contribution in [2.45, 2.75) is 29.4 Å². The molecule has 2 aromatic rings. The second-order valence-electron chi connectivity index (χ2n) is 7.98. The predicted molar refractivity (Wildman–Crippen MR) is 131 cm³/mol. The van der Waals surface area contributed by atoms with Gasteiger partial charge in [0.15, 0.2) is 0 Å². The van der Waals surface area contributed by atoms with Gasteiger partial charge in [-0.3, -0.25) is 19.2 Å². The van der Waals surface area contributed by atoms with Crippen LogP contribution in [0.25, 0.3) is 0 Å². The van der Waals surface area contributed by atoms with E-state index in [1.165, 1.54) is 23.9 Å². The fourth-order valence-corrected chi connectivity index (χ4v) is 5.33. The zero-order valence-corrected chi connectivity index (χ0v) is 20.1. The molecule has 2 aromatic carbocycles. The van der Waals surface area contributed by atoms with Gasteiger partial charge in [-0.25, -0.2) is 4.90 Å². The van der Waals surface area contributed by atoms with Crippen molar-refractivity contribution in [3.05, 3.63) is 64.7 Å². The standard InChI is InChI=1S/C24H20Cl2N2O5S/c25-18-10-7-14(11-19(18)26)28-21(29)12-20(23(28)31)34-15-8-5-13(6-9-15)27-22(30)16-3-1-2-4-17(16)24(32)33/h1-2,5-11,16-17,20H,3-4,12H2,(H,27,30)(H,32,33)/t16-,17-,20+/m1/s1. The highest BCUT2D eigenvalue weighted by molar-refractivity contribution is 8.00. The molecule has 2 aliphatic rings. The Morgan fingerprint density at radius 3 is 2.29 bits per heavy atom. The van der Waals surface area contributed by atoms with E-state index in [1.807, 2.05) is 6.08 Å². The van der Waals surface area contributed by atoms with E-state index in [4.69, 9.17) is 23.2 Å². The first-order chi connectivity index (χ1) is 16.2. The van der Waals surface area contributed by atoms with Gasteiger partial charge in [-0.15, -0.1) is 11.8 Å². The number of allylic oxidation sites excluding steroid dienone is 2. The molecule has 0 unspecified atom stereocenters. The number of hydrogen-bond acceptors (Lipinski definition) is 5. The normalized spacial score (nSPS) is 22.2. The molecule has 7 nitrogen and oxygen atoms in total. The highest BCUT2D eigenvalue weighted by Crippen LogP contribution is 2.36. The summed E-state index contributed by atoms with van der Waals surface area (Å²) in [4.78, 5) is 51.3. The molecule has 0 bridgehead atoms. The Morgan fingerprint density at radius 1 is 0.971 bits per heavy atom. The summed E-state index contributed by atoms with van der Waals surface area (Å²) in [5.74, 6) is -3.36. The van der Waals surface area contributed by atoms with E-state index in [2.05, 4.69) is 5.32 Å². The van der Waals surface area contributed by atoms with Crippen LogP contribution in [0.5, 0.6) is 0 Å². The summed E-state index contributed by atoms with van der Waals surface area (Å²) in [5.41, 5.74) is 0.905. The van der Waals surface area contributed by atoms with Gasteiger partial charge in [0.2, 0.25) is 17.7 Å². The molecule has 0 radical (unpaired) electrons. The molecule has 34 heavy (non-hydrogen) atoms. The van der Waals surface area contributed by atoms with Gasteiger partial charge in [-0.05, 0) is 55.3 Å². The lowest BCUT2D eigenvalue weighted by atomic mass is 9.82. The first-order valence-electron chi connectivity index (χ1n) is 10.5. The van der Waals surface area contributed by atoms with Crippen molar-refractivity contribution in [2.24, 2.45) is 11.8 Å². The van der Waals surface area contributed by atoms with Crippen LogP contribution in [-0.4, -0.2) is 34.0 Å². The first kappa shape index (κ1) is 24.3. The van der Waals surface area contributed by atoms with E-state index >= 15 is 0 Å². The van der Waals surface area contributed by atoms with Crippen molar-refractivity contribution in [3.63, 3.8) is 0 Å². The summed E-state index contributed by atoms with van der Waals surface area (Å²) >= 11 is 13.2. The van der Waals surface area contributed by atoms with Crippen LogP contribution in [0.4, 0.5) is 11.4 Å². The third kappa shape index (κ3) is 5.14. The predicted octanol–water partition coefficient (Wildman–Crippen LogP) is 5.02. The fourth-order valence-electron chi connectivity index (χ4n) is 3.98. The molecule has 10 heteroatoms. The molecule has 4 rings (SSSR count). The largest absolute Gasteiger partial charge is 0.481 e. The topological polar surface area (TPSA) is 104 Å². The minimum atomic E-state index is -0.984. The lowest BCUT2D eigenvalue weighted by molar-refractivity contribution is -0.146. The van der Waals surface area contributed by atoms with E-state index in [0.717, 1.165) is 9.80 Å². The number of nitrogens with zero attached hydrogens (tertiary/aromatic N) is 1. The number of carbonyl (C=O) groups is 4. The van der Waals surface area contributed by atoms with Crippen LogP contribution >= 0.6 is 35.0 Å². The molecular weight excluding hydrogens is 499 g/mol. The summed E-state index contributed by atoms with van der Waals surface area (Å²) < 4.78 is 0. The Hall–Kier alpha value is -2.81. The Morgan fingerprint density at radius 2 is 1.65 bits per heavy atom. The zero-order chi connectivity index (χ0) is 24.4. The summed E-state index contributed by atoms with van der Waals surface area (Å²) in [6, 6.07) is 11.5. The number of carbonyl (C=O) groups excluding carboxylic acids is 3. The van der Waals surface area contributed by atoms with Crippen LogP contribution in [0.2, 0.25) is 10.0 Å². The molecule has 2 N–H and O–H groups in total. The quantitative estimate of drug-likeness (QED) is 0.410. The summed E-state index contributed by atoms with van der Waals surface area (Å²) in [5, 5.41) is 12.1. The van der Waals surface area contributed by atoms with Crippen LogP contribution in [0.3, 0.4) is 0 Å². The van der Waals surface area contributed by atoms with E-state index < -0.39 is 23.1 Å². The summed E-state index contributed by atoms with van der Waals surface area (Å²) in [6.07, 6.45) is 4.37. The lowest BCUT2D eigenvalue weighted by Crippen LogP contribution is -2.34.